The lowest BCUT2D eigenvalue weighted by Gasteiger charge is -2.09. The van der Waals surface area contributed by atoms with Crippen molar-refractivity contribution in [1.82, 2.24) is 19.9 Å². The number of methoxy groups -OCH3 is 1. The molecule has 23 heavy (non-hydrogen) atoms. The van der Waals surface area contributed by atoms with Crippen LogP contribution in [0.2, 0.25) is 0 Å². The monoisotopic (exact) mass is 312 g/mol. The van der Waals surface area contributed by atoms with Crippen molar-refractivity contribution < 1.29 is 13.9 Å². The second-order valence-corrected chi connectivity index (χ2v) is 4.84. The number of hydrogen-bond donors (Lipinski definition) is 1. The highest BCUT2D eigenvalue weighted by Crippen LogP contribution is 2.30. The van der Waals surface area contributed by atoms with E-state index in [1.54, 1.807) is 44.0 Å². The number of oxazole rings is 1. The number of carbonyl (C=O) groups excluding carboxylic acids is 1. The zero-order valence-electron chi connectivity index (χ0n) is 12.6. The van der Waals surface area contributed by atoms with Crippen LogP contribution in [0.4, 0.5) is 0 Å². The first kappa shape index (κ1) is 14.8. The van der Waals surface area contributed by atoms with E-state index >= 15 is 0 Å². The van der Waals surface area contributed by atoms with Gasteiger partial charge in [0.15, 0.2) is 12.2 Å². The second kappa shape index (κ2) is 6.78. The Bertz CT molecular complexity index is 767. The number of ether oxygens (including phenoxy) is 1. The lowest BCUT2D eigenvalue weighted by Crippen LogP contribution is -2.27. The number of imidazole rings is 1. The summed E-state index contributed by atoms with van der Waals surface area (Å²) in [5.41, 5.74) is 1.22. The van der Waals surface area contributed by atoms with Gasteiger partial charge in [-0.1, -0.05) is 0 Å². The average molecular weight is 312 g/mol. The van der Waals surface area contributed by atoms with Gasteiger partial charge in [-0.3, -0.25) is 4.79 Å². The van der Waals surface area contributed by atoms with E-state index in [2.05, 4.69) is 15.3 Å². The van der Waals surface area contributed by atoms with Crippen molar-refractivity contribution in [2.45, 2.75) is 6.54 Å². The van der Waals surface area contributed by atoms with E-state index in [9.17, 15) is 4.79 Å². The minimum atomic E-state index is -0.159. The van der Waals surface area contributed by atoms with Crippen LogP contribution in [0.1, 0.15) is 10.4 Å². The normalized spacial score (nSPS) is 10.5. The Balaban J connectivity index is 1.72. The van der Waals surface area contributed by atoms with Gasteiger partial charge in [-0.05, 0) is 18.2 Å². The molecule has 0 aliphatic heterocycles. The Morgan fingerprint density at radius 2 is 2.30 bits per heavy atom. The molecule has 0 atom stereocenters. The van der Waals surface area contributed by atoms with Crippen LogP contribution < -0.4 is 10.1 Å². The maximum Gasteiger partial charge on any atom is 0.251 e. The molecule has 0 spiro atoms. The molecule has 118 valence electrons. The summed E-state index contributed by atoms with van der Waals surface area (Å²) in [4.78, 5) is 20.1. The fraction of sp³-hybridized carbons (Fsp3) is 0.188. The number of hydrogen-bond acceptors (Lipinski definition) is 5. The molecule has 0 saturated carbocycles. The minimum Gasteiger partial charge on any atom is -0.496 e. The quantitative estimate of drug-likeness (QED) is 0.752. The number of aromatic nitrogens is 3. The molecule has 0 aliphatic carbocycles. The number of benzene rings is 1. The van der Waals surface area contributed by atoms with Crippen molar-refractivity contribution in [3.8, 4) is 17.1 Å². The van der Waals surface area contributed by atoms with Gasteiger partial charge in [0.05, 0.1) is 25.2 Å². The number of nitrogens with one attached hydrogen (secondary N) is 1. The van der Waals surface area contributed by atoms with E-state index < -0.39 is 0 Å². The van der Waals surface area contributed by atoms with Gasteiger partial charge in [-0.25, -0.2) is 9.97 Å². The highest BCUT2D eigenvalue weighted by Gasteiger charge is 2.13. The molecule has 1 aromatic carbocycles. The highest BCUT2D eigenvalue weighted by molar-refractivity contribution is 5.95. The average Bonchev–Trinajstić information content (AvgIpc) is 3.27. The molecule has 0 radical (unpaired) electrons. The molecule has 3 aromatic rings. The van der Waals surface area contributed by atoms with Crippen LogP contribution in [0.25, 0.3) is 11.3 Å². The van der Waals surface area contributed by atoms with Crippen molar-refractivity contribution in [1.29, 1.82) is 0 Å². The third-order valence-electron chi connectivity index (χ3n) is 3.37. The molecule has 0 unspecified atom stereocenters. The molecule has 0 saturated heterocycles. The molecule has 7 nitrogen and oxygen atoms in total. The fourth-order valence-electron chi connectivity index (χ4n) is 2.21. The SMILES string of the molecule is COc1ccc(C(=O)NCCn2ccnc2)cc1-c1cnco1. The van der Waals surface area contributed by atoms with Crippen molar-refractivity contribution in [3.63, 3.8) is 0 Å². The largest absolute Gasteiger partial charge is 0.496 e. The molecular formula is C16H16N4O3. The van der Waals surface area contributed by atoms with Gasteiger partial charge in [0.25, 0.3) is 5.91 Å². The maximum atomic E-state index is 12.3. The summed E-state index contributed by atoms with van der Waals surface area (Å²) in [7, 11) is 1.57. The van der Waals surface area contributed by atoms with Crippen LogP contribution in [0.15, 0.2) is 53.9 Å². The van der Waals surface area contributed by atoms with E-state index in [1.165, 1.54) is 6.39 Å². The molecule has 1 amide bonds. The Labute approximate surface area is 132 Å². The predicted molar refractivity (Wildman–Crippen MR) is 83.1 cm³/mol. The first-order valence-corrected chi connectivity index (χ1v) is 7.09. The molecule has 2 aromatic heterocycles. The van der Waals surface area contributed by atoms with Crippen LogP contribution in [0, 0.1) is 0 Å². The third-order valence-corrected chi connectivity index (χ3v) is 3.37. The Hall–Kier alpha value is -3.09. The zero-order valence-corrected chi connectivity index (χ0v) is 12.6. The molecule has 3 rings (SSSR count). The predicted octanol–water partition coefficient (Wildman–Crippen LogP) is 1.98. The lowest BCUT2D eigenvalue weighted by atomic mass is 10.1. The molecule has 0 aliphatic rings. The number of carbonyl (C=O) groups is 1. The van der Waals surface area contributed by atoms with Crippen LogP contribution >= 0.6 is 0 Å². The first-order chi connectivity index (χ1) is 11.3. The maximum absolute atomic E-state index is 12.3. The molecule has 0 fully saturated rings. The Morgan fingerprint density at radius 3 is 3.00 bits per heavy atom. The van der Waals surface area contributed by atoms with Crippen LogP contribution in [-0.4, -0.2) is 34.1 Å². The summed E-state index contributed by atoms with van der Waals surface area (Å²) in [5.74, 6) is 1.01. The molecular weight excluding hydrogens is 296 g/mol. The molecule has 0 bridgehead atoms. The van der Waals surface area contributed by atoms with Crippen LogP contribution in [-0.2, 0) is 6.54 Å². The van der Waals surface area contributed by atoms with Crippen LogP contribution in [0.5, 0.6) is 5.75 Å². The van der Waals surface area contributed by atoms with E-state index in [-0.39, 0.29) is 5.91 Å². The summed E-state index contributed by atoms with van der Waals surface area (Å²) in [6.07, 6.45) is 8.18. The van der Waals surface area contributed by atoms with Crippen molar-refractivity contribution >= 4 is 5.91 Å². The number of nitrogens with zero attached hydrogens (tertiary/aromatic N) is 3. The lowest BCUT2D eigenvalue weighted by molar-refractivity contribution is 0.0952. The standard InChI is InChI=1S/C16H16N4O3/c1-22-14-3-2-12(8-13(14)15-9-18-11-23-15)16(21)19-5-7-20-6-4-17-10-20/h2-4,6,8-11H,5,7H2,1H3,(H,19,21). The van der Waals surface area contributed by atoms with Gasteiger partial charge in [0.1, 0.15) is 5.75 Å². The summed E-state index contributed by atoms with van der Waals surface area (Å²) in [6, 6.07) is 5.18. The van der Waals surface area contributed by atoms with E-state index in [1.807, 2.05) is 10.8 Å². The second-order valence-electron chi connectivity index (χ2n) is 4.84. The third kappa shape index (κ3) is 3.39. The summed E-state index contributed by atoms with van der Waals surface area (Å²) in [5, 5.41) is 2.87. The summed E-state index contributed by atoms with van der Waals surface area (Å²) < 4.78 is 12.5. The van der Waals surface area contributed by atoms with Gasteiger partial charge >= 0.3 is 0 Å². The minimum absolute atomic E-state index is 0.159. The van der Waals surface area contributed by atoms with E-state index in [0.717, 1.165) is 0 Å². The van der Waals surface area contributed by atoms with E-state index in [4.69, 9.17) is 9.15 Å². The number of amides is 1. The topological polar surface area (TPSA) is 82.2 Å². The fourth-order valence-corrected chi connectivity index (χ4v) is 2.21. The van der Waals surface area contributed by atoms with Crippen molar-refractivity contribution in [2.75, 3.05) is 13.7 Å². The van der Waals surface area contributed by atoms with Gasteiger partial charge in [0.2, 0.25) is 0 Å². The van der Waals surface area contributed by atoms with Crippen molar-refractivity contribution in [2.24, 2.45) is 0 Å². The smallest absolute Gasteiger partial charge is 0.251 e. The van der Waals surface area contributed by atoms with Gasteiger partial charge in [0, 0.05) is 31.0 Å². The van der Waals surface area contributed by atoms with Crippen molar-refractivity contribution in [3.05, 3.63) is 55.1 Å². The Morgan fingerprint density at radius 1 is 1.39 bits per heavy atom. The Kier molecular flexibility index (Phi) is 4.37. The molecule has 1 N–H and O–H groups in total. The highest BCUT2D eigenvalue weighted by atomic mass is 16.5. The first-order valence-electron chi connectivity index (χ1n) is 7.09. The number of rotatable bonds is 6. The molecule has 2 heterocycles. The van der Waals surface area contributed by atoms with Crippen LogP contribution in [0.3, 0.4) is 0 Å². The summed E-state index contributed by atoms with van der Waals surface area (Å²) in [6.45, 7) is 1.18. The summed E-state index contributed by atoms with van der Waals surface area (Å²) >= 11 is 0. The zero-order chi connectivity index (χ0) is 16.1. The van der Waals surface area contributed by atoms with Gasteiger partial charge < -0.3 is 19.0 Å². The molecule has 7 heteroatoms. The van der Waals surface area contributed by atoms with Gasteiger partial charge in [-0.15, -0.1) is 0 Å². The van der Waals surface area contributed by atoms with E-state index in [0.29, 0.717) is 35.7 Å². The van der Waals surface area contributed by atoms with Gasteiger partial charge in [-0.2, -0.15) is 0 Å².